The fourth-order valence-electron chi connectivity index (χ4n) is 3.39. The number of carbonyl (C=O) groups excluding carboxylic acids is 2. The number of thiazole rings is 1. The summed E-state index contributed by atoms with van der Waals surface area (Å²) in [6.07, 6.45) is 3.26. The van der Waals surface area contributed by atoms with Gasteiger partial charge >= 0.3 is 11.8 Å². The Bertz CT molecular complexity index is 922. The van der Waals surface area contributed by atoms with Crippen LogP contribution in [0.2, 0.25) is 0 Å². The third-order valence-electron chi connectivity index (χ3n) is 4.94. The van der Waals surface area contributed by atoms with E-state index in [1.54, 1.807) is 0 Å². The standard InChI is InChI=1S/C20H24F2N4O3S.ClH/c1-11-16(7-9-27)30-20(24-11)17(15-4-2-3-8-23-15)26-19(29)18(28)25-14-6-5-12(21)10-13(14)22;/h5-6,10,15,17,23,27H,2-4,7-9H2,1H3,(H,25,28)(H,26,29);1H. The molecule has 0 spiro atoms. The highest BCUT2D eigenvalue weighted by Crippen LogP contribution is 2.29. The van der Waals surface area contributed by atoms with Crippen molar-refractivity contribution in [1.82, 2.24) is 15.6 Å². The predicted molar refractivity (Wildman–Crippen MR) is 116 cm³/mol. The molecule has 1 fully saturated rings. The summed E-state index contributed by atoms with van der Waals surface area (Å²) >= 11 is 1.39. The third-order valence-corrected chi connectivity index (χ3v) is 6.24. The Labute approximate surface area is 189 Å². The molecule has 170 valence electrons. The molecule has 2 unspecified atom stereocenters. The first-order valence-electron chi connectivity index (χ1n) is 9.76. The molecule has 2 aromatic rings. The number of anilines is 1. The van der Waals surface area contributed by atoms with E-state index in [2.05, 4.69) is 20.9 Å². The van der Waals surface area contributed by atoms with Gasteiger partial charge < -0.3 is 21.1 Å². The number of aliphatic hydroxyl groups is 1. The number of benzene rings is 1. The molecule has 1 aliphatic rings. The predicted octanol–water partition coefficient (Wildman–Crippen LogP) is 2.62. The Morgan fingerprint density at radius 2 is 2.10 bits per heavy atom. The number of rotatable bonds is 6. The summed E-state index contributed by atoms with van der Waals surface area (Å²) in [5.41, 5.74) is 0.496. The number of aryl methyl sites for hydroxylation is 1. The molecule has 1 aromatic carbocycles. The molecule has 4 N–H and O–H groups in total. The van der Waals surface area contributed by atoms with Crippen LogP contribution < -0.4 is 16.0 Å². The zero-order valence-electron chi connectivity index (χ0n) is 16.9. The minimum absolute atomic E-state index is 0. The summed E-state index contributed by atoms with van der Waals surface area (Å²) in [6, 6.07) is 2.03. The second-order valence-corrected chi connectivity index (χ2v) is 8.24. The van der Waals surface area contributed by atoms with Crippen LogP contribution in [0, 0.1) is 18.6 Å². The number of hydrogen-bond acceptors (Lipinski definition) is 6. The van der Waals surface area contributed by atoms with Crippen molar-refractivity contribution in [3.63, 3.8) is 0 Å². The van der Waals surface area contributed by atoms with Crippen LogP contribution in [0.25, 0.3) is 0 Å². The molecular weight excluding hydrogens is 450 g/mol. The quantitative estimate of drug-likeness (QED) is 0.482. The second-order valence-electron chi connectivity index (χ2n) is 7.12. The maximum absolute atomic E-state index is 13.8. The van der Waals surface area contributed by atoms with Crippen molar-refractivity contribution in [2.24, 2.45) is 0 Å². The van der Waals surface area contributed by atoms with E-state index in [0.717, 1.165) is 48.5 Å². The minimum Gasteiger partial charge on any atom is -0.396 e. The first kappa shape index (κ1) is 25.1. The largest absolute Gasteiger partial charge is 0.396 e. The van der Waals surface area contributed by atoms with Crippen molar-refractivity contribution in [3.8, 4) is 0 Å². The molecule has 11 heteroatoms. The van der Waals surface area contributed by atoms with Crippen LogP contribution in [0.1, 0.15) is 40.9 Å². The topological polar surface area (TPSA) is 103 Å². The molecule has 0 radical (unpaired) electrons. The summed E-state index contributed by atoms with van der Waals surface area (Å²) in [6.45, 7) is 2.62. The van der Waals surface area contributed by atoms with Gasteiger partial charge in [-0.2, -0.15) is 0 Å². The molecule has 1 aliphatic heterocycles. The number of aliphatic hydroxyl groups excluding tert-OH is 1. The molecule has 2 amide bonds. The van der Waals surface area contributed by atoms with Gasteiger partial charge in [-0.15, -0.1) is 23.7 Å². The number of amides is 2. The summed E-state index contributed by atoms with van der Waals surface area (Å²) in [5, 5.41) is 18.1. The number of carbonyl (C=O) groups is 2. The van der Waals surface area contributed by atoms with Gasteiger partial charge in [-0.25, -0.2) is 13.8 Å². The van der Waals surface area contributed by atoms with E-state index in [-0.39, 0.29) is 30.7 Å². The maximum atomic E-state index is 13.8. The summed E-state index contributed by atoms with van der Waals surface area (Å²) in [7, 11) is 0. The number of aromatic nitrogens is 1. The molecule has 0 aliphatic carbocycles. The molecule has 1 aromatic heterocycles. The van der Waals surface area contributed by atoms with Crippen LogP contribution in [0.5, 0.6) is 0 Å². The molecule has 0 bridgehead atoms. The number of nitrogens with one attached hydrogen (secondary N) is 3. The highest BCUT2D eigenvalue weighted by Gasteiger charge is 2.31. The minimum atomic E-state index is -1.05. The normalized spacial score (nSPS) is 16.8. The van der Waals surface area contributed by atoms with Crippen LogP contribution in [0.3, 0.4) is 0 Å². The Morgan fingerprint density at radius 3 is 2.74 bits per heavy atom. The van der Waals surface area contributed by atoms with Crippen molar-refractivity contribution in [1.29, 1.82) is 0 Å². The lowest BCUT2D eigenvalue weighted by molar-refractivity contribution is -0.136. The van der Waals surface area contributed by atoms with E-state index >= 15 is 0 Å². The molecule has 1 saturated heterocycles. The lowest BCUT2D eigenvalue weighted by atomic mass is 9.98. The van der Waals surface area contributed by atoms with Crippen LogP contribution in [-0.4, -0.2) is 41.1 Å². The van der Waals surface area contributed by atoms with E-state index in [4.69, 9.17) is 0 Å². The number of hydrogen-bond donors (Lipinski definition) is 4. The molecular formula is C20H25ClF2N4O3S. The smallest absolute Gasteiger partial charge is 0.313 e. The first-order chi connectivity index (χ1) is 14.4. The van der Waals surface area contributed by atoms with Crippen LogP contribution in [0.15, 0.2) is 18.2 Å². The number of nitrogens with zero attached hydrogens (tertiary/aromatic N) is 1. The Kier molecular flexibility index (Phi) is 9.30. The maximum Gasteiger partial charge on any atom is 0.313 e. The third kappa shape index (κ3) is 6.42. The van der Waals surface area contributed by atoms with Gasteiger partial charge in [0.15, 0.2) is 0 Å². The molecule has 2 heterocycles. The van der Waals surface area contributed by atoms with Gasteiger partial charge in [0.05, 0.1) is 17.4 Å². The number of piperidine rings is 1. The molecule has 31 heavy (non-hydrogen) atoms. The molecule has 7 nitrogen and oxygen atoms in total. The van der Waals surface area contributed by atoms with E-state index in [0.29, 0.717) is 17.5 Å². The molecule has 2 atom stereocenters. The molecule has 0 saturated carbocycles. The van der Waals surface area contributed by atoms with Gasteiger partial charge in [0, 0.05) is 30.0 Å². The van der Waals surface area contributed by atoms with Gasteiger partial charge in [0.2, 0.25) is 0 Å². The van der Waals surface area contributed by atoms with Gasteiger partial charge in [-0.1, -0.05) is 6.42 Å². The summed E-state index contributed by atoms with van der Waals surface area (Å²) in [4.78, 5) is 30.3. The van der Waals surface area contributed by atoms with Crippen LogP contribution >= 0.6 is 23.7 Å². The monoisotopic (exact) mass is 474 g/mol. The average molecular weight is 475 g/mol. The SMILES string of the molecule is Cc1nc(C(NC(=O)C(=O)Nc2ccc(F)cc2F)C2CCCCN2)sc1CCO.Cl. The van der Waals surface area contributed by atoms with Crippen LogP contribution in [0.4, 0.5) is 14.5 Å². The van der Waals surface area contributed by atoms with E-state index < -0.39 is 29.5 Å². The fraction of sp³-hybridized carbons (Fsp3) is 0.450. The van der Waals surface area contributed by atoms with E-state index in [1.165, 1.54) is 11.3 Å². The van der Waals surface area contributed by atoms with Crippen molar-refractivity contribution in [2.45, 2.75) is 44.7 Å². The lowest BCUT2D eigenvalue weighted by Crippen LogP contribution is -2.48. The fourth-order valence-corrected chi connectivity index (χ4v) is 4.56. The lowest BCUT2D eigenvalue weighted by Gasteiger charge is -2.30. The van der Waals surface area contributed by atoms with Crippen molar-refractivity contribution < 1.29 is 23.5 Å². The van der Waals surface area contributed by atoms with Crippen molar-refractivity contribution in [2.75, 3.05) is 18.5 Å². The Hall–Kier alpha value is -2.14. The van der Waals surface area contributed by atoms with E-state index in [9.17, 15) is 23.5 Å². The molecule has 3 rings (SSSR count). The zero-order chi connectivity index (χ0) is 21.7. The Balaban J connectivity index is 0.00000341. The highest BCUT2D eigenvalue weighted by atomic mass is 35.5. The summed E-state index contributed by atoms with van der Waals surface area (Å²) in [5.74, 6) is -3.74. The zero-order valence-corrected chi connectivity index (χ0v) is 18.5. The van der Waals surface area contributed by atoms with Crippen molar-refractivity contribution >= 4 is 41.2 Å². The van der Waals surface area contributed by atoms with Gasteiger partial charge in [0.1, 0.15) is 16.6 Å². The second kappa shape index (κ2) is 11.5. The van der Waals surface area contributed by atoms with Crippen LogP contribution in [-0.2, 0) is 16.0 Å². The van der Waals surface area contributed by atoms with Gasteiger partial charge in [0.25, 0.3) is 0 Å². The van der Waals surface area contributed by atoms with E-state index in [1.807, 2.05) is 6.92 Å². The highest BCUT2D eigenvalue weighted by molar-refractivity contribution is 7.11. The van der Waals surface area contributed by atoms with Crippen molar-refractivity contribution in [3.05, 3.63) is 45.4 Å². The van der Waals surface area contributed by atoms with Gasteiger partial charge in [-0.05, 0) is 38.4 Å². The summed E-state index contributed by atoms with van der Waals surface area (Å²) < 4.78 is 26.8. The average Bonchev–Trinajstić information content (AvgIpc) is 3.09. The first-order valence-corrected chi connectivity index (χ1v) is 10.6. The Morgan fingerprint density at radius 1 is 1.32 bits per heavy atom. The number of halogens is 3. The van der Waals surface area contributed by atoms with Gasteiger partial charge in [-0.3, -0.25) is 9.59 Å².